The lowest BCUT2D eigenvalue weighted by Crippen LogP contribution is -2.45. The maximum atomic E-state index is 12.7. The van der Waals surface area contributed by atoms with Crippen molar-refractivity contribution >= 4 is 11.9 Å². The van der Waals surface area contributed by atoms with Crippen molar-refractivity contribution in [2.24, 2.45) is 10.9 Å². The molecule has 2 fully saturated rings. The van der Waals surface area contributed by atoms with E-state index >= 15 is 0 Å². The third-order valence-electron chi connectivity index (χ3n) is 6.49. The smallest absolute Gasteiger partial charge is 0.225 e. The molecule has 2 N–H and O–H groups in total. The number of hydrogen-bond acceptors (Lipinski definition) is 3. The molecule has 1 saturated carbocycles. The maximum absolute atomic E-state index is 12.7. The van der Waals surface area contributed by atoms with Crippen LogP contribution in [0.4, 0.5) is 0 Å². The van der Waals surface area contributed by atoms with Crippen molar-refractivity contribution < 1.29 is 4.79 Å². The standard InChI is InChI=1S/C25H36N6O/c1-2-26-25(29-22-13-16-31(19-22)24(32)21-10-6-7-11-21)28-14-12-23-27-15-17-30(23)18-20-8-4-3-5-9-20/h3-5,8-9,15,17,21-22H,2,6-7,10-14,16,18-19H2,1H3,(H2,26,28,29). The van der Waals surface area contributed by atoms with Gasteiger partial charge in [-0.05, 0) is 31.7 Å². The average Bonchev–Trinajstić information content (AvgIpc) is 3.57. The fourth-order valence-electron chi connectivity index (χ4n) is 4.78. The Kier molecular flexibility index (Phi) is 7.80. The second-order valence-electron chi connectivity index (χ2n) is 8.86. The van der Waals surface area contributed by atoms with E-state index in [4.69, 9.17) is 4.99 Å². The Morgan fingerprint density at radius 3 is 2.78 bits per heavy atom. The van der Waals surface area contributed by atoms with Crippen LogP contribution in [0, 0.1) is 5.92 Å². The van der Waals surface area contributed by atoms with Gasteiger partial charge in [0.05, 0.1) is 0 Å². The molecule has 1 unspecified atom stereocenters. The second-order valence-corrected chi connectivity index (χ2v) is 8.86. The quantitative estimate of drug-likeness (QED) is 0.493. The van der Waals surface area contributed by atoms with E-state index in [-0.39, 0.29) is 12.0 Å². The molecule has 32 heavy (non-hydrogen) atoms. The molecule has 1 aliphatic carbocycles. The molecule has 1 atom stereocenters. The van der Waals surface area contributed by atoms with E-state index < -0.39 is 0 Å². The first kappa shape index (κ1) is 22.4. The highest BCUT2D eigenvalue weighted by molar-refractivity contribution is 5.81. The molecule has 0 bridgehead atoms. The number of aliphatic imine (C=N–C) groups is 1. The molecular formula is C25H36N6O. The molecule has 172 valence electrons. The molecule has 1 amide bonds. The normalized spacial score (nSPS) is 19.5. The first-order valence-corrected chi connectivity index (χ1v) is 12.1. The number of hydrogen-bond donors (Lipinski definition) is 2. The average molecular weight is 437 g/mol. The lowest BCUT2D eigenvalue weighted by atomic mass is 10.1. The minimum Gasteiger partial charge on any atom is -0.357 e. The molecule has 1 aromatic carbocycles. The summed E-state index contributed by atoms with van der Waals surface area (Å²) in [5, 5.41) is 6.90. The van der Waals surface area contributed by atoms with E-state index in [1.807, 2.05) is 18.5 Å². The van der Waals surface area contributed by atoms with Crippen molar-refractivity contribution in [2.45, 2.75) is 58.0 Å². The predicted molar refractivity (Wildman–Crippen MR) is 128 cm³/mol. The maximum Gasteiger partial charge on any atom is 0.225 e. The van der Waals surface area contributed by atoms with Crippen LogP contribution in [0.5, 0.6) is 0 Å². The number of likely N-dealkylation sites (tertiary alicyclic amines) is 1. The van der Waals surface area contributed by atoms with E-state index in [2.05, 4.69) is 56.3 Å². The molecule has 0 spiro atoms. The number of nitrogens with zero attached hydrogens (tertiary/aromatic N) is 4. The molecule has 2 aliphatic rings. The number of imidazole rings is 1. The van der Waals surface area contributed by atoms with Crippen LogP contribution in [0.25, 0.3) is 0 Å². The Morgan fingerprint density at radius 1 is 1.19 bits per heavy atom. The largest absolute Gasteiger partial charge is 0.357 e. The number of carbonyl (C=O) groups excluding carboxylic acids is 1. The van der Waals surface area contributed by atoms with Crippen LogP contribution in [0.2, 0.25) is 0 Å². The van der Waals surface area contributed by atoms with Crippen molar-refractivity contribution in [3.63, 3.8) is 0 Å². The molecule has 4 rings (SSSR count). The van der Waals surface area contributed by atoms with Crippen molar-refractivity contribution in [3.8, 4) is 0 Å². The van der Waals surface area contributed by atoms with Crippen LogP contribution < -0.4 is 10.6 Å². The van der Waals surface area contributed by atoms with E-state index in [9.17, 15) is 4.79 Å². The third kappa shape index (κ3) is 5.90. The summed E-state index contributed by atoms with van der Waals surface area (Å²) < 4.78 is 2.19. The van der Waals surface area contributed by atoms with Crippen LogP contribution in [0.3, 0.4) is 0 Å². The Bertz CT molecular complexity index is 887. The van der Waals surface area contributed by atoms with Gasteiger partial charge in [-0.25, -0.2) is 4.98 Å². The lowest BCUT2D eigenvalue weighted by Gasteiger charge is -2.21. The summed E-state index contributed by atoms with van der Waals surface area (Å²) in [4.78, 5) is 24.1. The Hall–Kier alpha value is -2.83. The molecule has 1 aliphatic heterocycles. The van der Waals surface area contributed by atoms with Gasteiger partial charge in [-0.1, -0.05) is 43.2 Å². The van der Waals surface area contributed by atoms with Gasteiger partial charge in [0.2, 0.25) is 5.91 Å². The highest BCUT2D eigenvalue weighted by Gasteiger charge is 2.32. The minimum atomic E-state index is 0.260. The van der Waals surface area contributed by atoms with E-state index in [0.29, 0.717) is 12.5 Å². The molecule has 0 radical (unpaired) electrons. The van der Waals surface area contributed by atoms with Gasteiger partial charge in [0, 0.05) is 63.5 Å². The van der Waals surface area contributed by atoms with Crippen molar-refractivity contribution in [2.75, 3.05) is 26.2 Å². The van der Waals surface area contributed by atoms with Gasteiger partial charge in [0.1, 0.15) is 5.82 Å². The number of guanidine groups is 1. The number of rotatable bonds is 8. The highest BCUT2D eigenvalue weighted by Crippen LogP contribution is 2.27. The molecule has 7 heteroatoms. The summed E-state index contributed by atoms with van der Waals surface area (Å²) in [6, 6.07) is 10.7. The van der Waals surface area contributed by atoms with Gasteiger partial charge in [-0.3, -0.25) is 9.79 Å². The number of aromatic nitrogens is 2. The van der Waals surface area contributed by atoms with Gasteiger partial charge in [0.15, 0.2) is 5.96 Å². The van der Waals surface area contributed by atoms with Gasteiger partial charge < -0.3 is 20.1 Å². The number of carbonyl (C=O) groups is 1. The summed E-state index contributed by atoms with van der Waals surface area (Å²) in [5.74, 6) is 2.49. The number of benzene rings is 1. The molecule has 2 aromatic rings. The second kappa shape index (κ2) is 11.2. The monoisotopic (exact) mass is 436 g/mol. The van der Waals surface area contributed by atoms with Crippen LogP contribution in [-0.2, 0) is 17.8 Å². The van der Waals surface area contributed by atoms with Gasteiger partial charge in [-0.2, -0.15) is 0 Å². The van der Waals surface area contributed by atoms with Crippen molar-refractivity contribution in [3.05, 3.63) is 54.1 Å². The summed E-state index contributed by atoms with van der Waals surface area (Å²) >= 11 is 0. The first-order valence-electron chi connectivity index (χ1n) is 12.1. The summed E-state index contributed by atoms with van der Waals surface area (Å²) in [7, 11) is 0. The Morgan fingerprint density at radius 2 is 2.00 bits per heavy atom. The van der Waals surface area contributed by atoms with E-state index in [1.54, 1.807) is 0 Å². The summed E-state index contributed by atoms with van der Waals surface area (Å²) in [6.45, 7) is 6.01. The van der Waals surface area contributed by atoms with Crippen molar-refractivity contribution in [1.82, 2.24) is 25.1 Å². The van der Waals surface area contributed by atoms with E-state index in [0.717, 1.165) is 63.6 Å². The zero-order valence-corrected chi connectivity index (χ0v) is 19.2. The first-order chi connectivity index (χ1) is 15.7. The molecule has 1 aromatic heterocycles. The SMILES string of the molecule is CCNC(=NCCc1nccn1Cc1ccccc1)NC1CCN(C(=O)C2CCCC2)C1. The Labute approximate surface area is 191 Å². The predicted octanol–water partition coefficient (Wildman–Crippen LogP) is 2.82. The molecule has 2 heterocycles. The molecular weight excluding hydrogens is 400 g/mol. The van der Waals surface area contributed by atoms with Crippen LogP contribution in [0.15, 0.2) is 47.7 Å². The number of amides is 1. The molecule has 1 saturated heterocycles. The summed E-state index contributed by atoms with van der Waals surface area (Å²) in [6.07, 6.45) is 10.2. The topological polar surface area (TPSA) is 74.6 Å². The van der Waals surface area contributed by atoms with Gasteiger partial charge >= 0.3 is 0 Å². The molecule has 7 nitrogen and oxygen atoms in total. The van der Waals surface area contributed by atoms with Crippen LogP contribution >= 0.6 is 0 Å². The summed E-state index contributed by atoms with van der Waals surface area (Å²) in [5.41, 5.74) is 1.27. The fourth-order valence-corrected chi connectivity index (χ4v) is 4.78. The lowest BCUT2D eigenvalue weighted by molar-refractivity contribution is -0.134. The third-order valence-corrected chi connectivity index (χ3v) is 6.49. The van der Waals surface area contributed by atoms with Crippen LogP contribution in [-0.4, -0.2) is 58.5 Å². The zero-order valence-electron chi connectivity index (χ0n) is 19.2. The van der Waals surface area contributed by atoms with E-state index in [1.165, 1.54) is 18.4 Å². The fraction of sp³-hybridized carbons (Fsp3) is 0.560. The number of nitrogens with one attached hydrogen (secondary N) is 2. The van der Waals surface area contributed by atoms with Crippen LogP contribution in [0.1, 0.15) is 50.4 Å². The minimum absolute atomic E-state index is 0.260. The van der Waals surface area contributed by atoms with Gasteiger partial charge in [-0.15, -0.1) is 0 Å². The van der Waals surface area contributed by atoms with Gasteiger partial charge in [0.25, 0.3) is 0 Å². The Balaban J connectivity index is 1.28. The van der Waals surface area contributed by atoms with Crippen molar-refractivity contribution in [1.29, 1.82) is 0 Å². The zero-order chi connectivity index (χ0) is 22.2. The highest BCUT2D eigenvalue weighted by atomic mass is 16.2.